The average Bonchev–Trinajstić information content (AvgIpc) is 2.63. The van der Waals surface area contributed by atoms with Gasteiger partial charge in [-0.2, -0.15) is 4.31 Å². The van der Waals surface area contributed by atoms with Gasteiger partial charge < -0.3 is 9.47 Å². The SMILES string of the molecule is O=C(Oc1ccc(S(=O)(=O)N2CCOCC2)cc1)c1ccccc1F. The molecule has 2 aromatic rings. The van der Waals surface area contributed by atoms with Crippen LogP contribution in [0.1, 0.15) is 10.4 Å². The van der Waals surface area contributed by atoms with E-state index in [9.17, 15) is 17.6 Å². The molecule has 1 aliphatic heterocycles. The topological polar surface area (TPSA) is 72.9 Å². The van der Waals surface area contributed by atoms with Crippen LogP contribution >= 0.6 is 0 Å². The van der Waals surface area contributed by atoms with Gasteiger partial charge in [0.15, 0.2) is 0 Å². The molecule has 8 heteroatoms. The number of esters is 1. The van der Waals surface area contributed by atoms with Crippen LogP contribution in [0.25, 0.3) is 0 Å². The molecular formula is C17H16FNO5S. The normalized spacial score (nSPS) is 15.7. The molecular weight excluding hydrogens is 349 g/mol. The molecule has 132 valence electrons. The van der Waals surface area contributed by atoms with E-state index in [2.05, 4.69) is 0 Å². The molecule has 0 spiro atoms. The predicted molar refractivity (Wildman–Crippen MR) is 87.4 cm³/mol. The highest BCUT2D eigenvalue weighted by Gasteiger charge is 2.26. The van der Waals surface area contributed by atoms with Gasteiger partial charge in [-0.15, -0.1) is 0 Å². The molecule has 1 saturated heterocycles. The van der Waals surface area contributed by atoms with Crippen LogP contribution in [0.4, 0.5) is 4.39 Å². The van der Waals surface area contributed by atoms with Crippen molar-refractivity contribution in [3.63, 3.8) is 0 Å². The first kappa shape index (κ1) is 17.5. The second kappa shape index (κ2) is 7.30. The summed E-state index contributed by atoms with van der Waals surface area (Å²) in [6, 6.07) is 10.9. The number of nitrogens with zero attached hydrogens (tertiary/aromatic N) is 1. The van der Waals surface area contributed by atoms with E-state index in [0.29, 0.717) is 26.3 Å². The van der Waals surface area contributed by atoms with E-state index in [0.717, 1.165) is 6.07 Å². The molecule has 6 nitrogen and oxygen atoms in total. The fourth-order valence-corrected chi connectivity index (χ4v) is 3.81. The molecule has 2 aromatic carbocycles. The van der Waals surface area contributed by atoms with Crippen molar-refractivity contribution < 1.29 is 27.1 Å². The third-order valence-electron chi connectivity index (χ3n) is 3.74. The van der Waals surface area contributed by atoms with Crippen LogP contribution < -0.4 is 4.74 Å². The molecule has 25 heavy (non-hydrogen) atoms. The highest BCUT2D eigenvalue weighted by molar-refractivity contribution is 7.89. The van der Waals surface area contributed by atoms with Gasteiger partial charge in [-0.05, 0) is 36.4 Å². The number of sulfonamides is 1. The summed E-state index contributed by atoms with van der Waals surface area (Å²) < 4.78 is 50.2. The van der Waals surface area contributed by atoms with Crippen molar-refractivity contribution in [2.75, 3.05) is 26.3 Å². The third-order valence-corrected chi connectivity index (χ3v) is 5.65. The number of hydrogen-bond acceptors (Lipinski definition) is 5. The van der Waals surface area contributed by atoms with Crippen molar-refractivity contribution in [3.05, 3.63) is 59.9 Å². The van der Waals surface area contributed by atoms with Gasteiger partial charge in [-0.1, -0.05) is 12.1 Å². The monoisotopic (exact) mass is 365 g/mol. The minimum atomic E-state index is -3.61. The number of carbonyl (C=O) groups excluding carboxylic acids is 1. The van der Waals surface area contributed by atoms with E-state index >= 15 is 0 Å². The van der Waals surface area contributed by atoms with Crippen LogP contribution in [0.2, 0.25) is 0 Å². The van der Waals surface area contributed by atoms with E-state index < -0.39 is 21.8 Å². The second-order valence-corrected chi connectivity index (χ2v) is 7.30. The first-order chi connectivity index (χ1) is 12.0. The number of ether oxygens (including phenoxy) is 2. The Kier molecular flexibility index (Phi) is 5.12. The summed E-state index contributed by atoms with van der Waals surface area (Å²) in [7, 11) is -3.61. The van der Waals surface area contributed by atoms with Gasteiger partial charge >= 0.3 is 5.97 Å². The van der Waals surface area contributed by atoms with Crippen LogP contribution in [-0.4, -0.2) is 45.0 Å². The minimum absolute atomic E-state index is 0.0973. The highest BCUT2D eigenvalue weighted by atomic mass is 32.2. The standard InChI is InChI=1S/C17H16FNO5S/c18-16-4-2-1-3-15(16)17(20)24-13-5-7-14(8-6-13)25(21,22)19-9-11-23-12-10-19/h1-8H,9-12H2. The van der Waals surface area contributed by atoms with Crippen LogP contribution in [0.5, 0.6) is 5.75 Å². The van der Waals surface area contributed by atoms with Gasteiger partial charge in [0.05, 0.1) is 23.7 Å². The molecule has 0 aromatic heterocycles. The number of rotatable bonds is 4. The summed E-state index contributed by atoms with van der Waals surface area (Å²) in [5.41, 5.74) is -0.187. The molecule has 0 unspecified atom stereocenters. The first-order valence-electron chi connectivity index (χ1n) is 7.63. The zero-order chi connectivity index (χ0) is 17.9. The number of carbonyl (C=O) groups is 1. The number of benzene rings is 2. The maximum atomic E-state index is 13.6. The van der Waals surface area contributed by atoms with Gasteiger partial charge in [0, 0.05) is 13.1 Å². The molecule has 0 atom stereocenters. The summed E-state index contributed by atoms with van der Waals surface area (Å²) in [4.78, 5) is 12.1. The summed E-state index contributed by atoms with van der Waals surface area (Å²) >= 11 is 0. The maximum absolute atomic E-state index is 13.6. The van der Waals surface area contributed by atoms with Gasteiger partial charge in [0.25, 0.3) is 0 Å². The molecule has 1 heterocycles. The molecule has 0 bridgehead atoms. The van der Waals surface area contributed by atoms with Crippen molar-refractivity contribution in [2.45, 2.75) is 4.90 Å². The van der Waals surface area contributed by atoms with Gasteiger partial charge in [-0.25, -0.2) is 17.6 Å². The second-order valence-electron chi connectivity index (χ2n) is 5.36. The molecule has 1 fully saturated rings. The van der Waals surface area contributed by atoms with E-state index in [1.54, 1.807) is 0 Å². The minimum Gasteiger partial charge on any atom is -0.423 e. The molecule has 3 rings (SSSR count). The fourth-order valence-electron chi connectivity index (χ4n) is 2.40. The van der Waals surface area contributed by atoms with Crippen molar-refractivity contribution in [3.8, 4) is 5.75 Å². The fraction of sp³-hybridized carbons (Fsp3) is 0.235. The van der Waals surface area contributed by atoms with E-state index in [1.165, 1.54) is 46.8 Å². The number of hydrogen-bond donors (Lipinski definition) is 0. The Labute approximate surface area is 144 Å². The largest absolute Gasteiger partial charge is 0.423 e. The van der Waals surface area contributed by atoms with Crippen molar-refractivity contribution in [2.24, 2.45) is 0 Å². The number of halogens is 1. The lowest BCUT2D eigenvalue weighted by Crippen LogP contribution is -2.40. The zero-order valence-electron chi connectivity index (χ0n) is 13.2. The smallest absolute Gasteiger partial charge is 0.346 e. The van der Waals surface area contributed by atoms with Crippen LogP contribution in [0, 0.1) is 5.82 Å². The Balaban J connectivity index is 1.74. The zero-order valence-corrected chi connectivity index (χ0v) is 14.0. The Hall–Kier alpha value is -2.29. The summed E-state index contributed by atoms with van der Waals surface area (Å²) in [5, 5.41) is 0. The predicted octanol–water partition coefficient (Wildman–Crippen LogP) is 2.07. The molecule has 0 radical (unpaired) electrons. The lowest BCUT2D eigenvalue weighted by molar-refractivity contribution is 0.0727. The summed E-state index contributed by atoms with van der Waals surface area (Å²) in [6.45, 7) is 1.31. The van der Waals surface area contributed by atoms with Gasteiger partial charge in [0.1, 0.15) is 11.6 Å². The maximum Gasteiger partial charge on any atom is 0.346 e. The van der Waals surface area contributed by atoms with Crippen LogP contribution in [0.3, 0.4) is 0 Å². The Morgan fingerprint density at radius 1 is 1.04 bits per heavy atom. The lowest BCUT2D eigenvalue weighted by Gasteiger charge is -2.26. The molecule has 0 aliphatic carbocycles. The van der Waals surface area contributed by atoms with Crippen molar-refractivity contribution >= 4 is 16.0 Å². The Bertz CT molecular complexity index is 861. The Morgan fingerprint density at radius 2 is 1.68 bits per heavy atom. The quantitative estimate of drug-likeness (QED) is 0.613. The number of morpholine rings is 1. The van der Waals surface area contributed by atoms with Crippen molar-refractivity contribution in [1.82, 2.24) is 4.31 Å². The molecule has 1 aliphatic rings. The Morgan fingerprint density at radius 3 is 2.32 bits per heavy atom. The molecule has 0 N–H and O–H groups in total. The van der Waals surface area contributed by atoms with Gasteiger partial charge in [-0.3, -0.25) is 0 Å². The first-order valence-corrected chi connectivity index (χ1v) is 9.07. The van der Waals surface area contributed by atoms with Gasteiger partial charge in [0.2, 0.25) is 10.0 Å². The van der Waals surface area contributed by atoms with Crippen LogP contribution in [0.15, 0.2) is 53.4 Å². The van der Waals surface area contributed by atoms with Crippen LogP contribution in [-0.2, 0) is 14.8 Å². The molecule has 0 amide bonds. The van der Waals surface area contributed by atoms with Crippen molar-refractivity contribution in [1.29, 1.82) is 0 Å². The molecule has 0 saturated carbocycles. The lowest BCUT2D eigenvalue weighted by atomic mass is 10.2. The van der Waals surface area contributed by atoms with E-state index in [1.807, 2.05) is 0 Å². The summed E-state index contributed by atoms with van der Waals surface area (Å²) in [6.07, 6.45) is 0. The average molecular weight is 365 g/mol. The van der Waals surface area contributed by atoms with E-state index in [4.69, 9.17) is 9.47 Å². The third kappa shape index (κ3) is 3.87. The highest BCUT2D eigenvalue weighted by Crippen LogP contribution is 2.21. The van der Waals surface area contributed by atoms with E-state index in [-0.39, 0.29) is 16.2 Å². The summed E-state index contributed by atoms with van der Waals surface area (Å²) in [5.74, 6) is -1.39.